The van der Waals surface area contributed by atoms with E-state index in [1.54, 1.807) is 30.5 Å². The number of carbonyl (C=O) groups is 5. The first kappa shape index (κ1) is 30.3. The van der Waals surface area contributed by atoms with Crippen molar-refractivity contribution in [1.82, 2.24) is 20.6 Å². The number of amides is 2. The molecule has 0 radical (unpaired) electrons. The van der Waals surface area contributed by atoms with Gasteiger partial charge in [0.15, 0.2) is 0 Å². The summed E-state index contributed by atoms with van der Waals surface area (Å²) < 4.78 is 5.42. The Labute approximate surface area is 232 Å². The molecule has 9 N–H and O–H groups in total. The summed E-state index contributed by atoms with van der Waals surface area (Å²) in [7, 11) is 0. The highest BCUT2D eigenvalue weighted by Gasteiger charge is 2.25. The van der Waals surface area contributed by atoms with Crippen LogP contribution in [-0.2, 0) is 32.0 Å². The molecule has 0 aliphatic carbocycles. The van der Waals surface area contributed by atoms with Gasteiger partial charge in [-0.1, -0.05) is 12.1 Å². The van der Waals surface area contributed by atoms with Crippen molar-refractivity contribution in [2.75, 3.05) is 11.5 Å². The Balaban J connectivity index is 1.50. The number of fused-ring (bicyclic) bond motifs is 1. The lowest BCUT2D eigenvalue weighted by Gasteiger charge is -2.16. The quantitative estimate of drug-likeness (QED) is 0.134. The summed E-state index contributed by atoms with van der Waals surface area (Å²) in [5, 5.41) is 32.5. The Kier molecular flexibility index (Phi) is 10.2. The van der Waals surface area contributed by atoms with Gasteiger partial charge in [0.05, 0.1) is 11.6 Å². The van der Waals surface area contributed by atoms with Crippen LogP contribution in [0.2, 0.25) is 0 Å². The van der Waals surface area contributed by atoms with E-state index in [1.165, 1.54) is 0 Å². The van der Waals surface area contributed by atoms with E-state index in [4.69, 9.17) is 26.1 Å². The maximum absolute atomic E-state index is 12.6. The fraction of sp³-hybridized carbons (Fsp3) is 0.346. The highest BCUT2D eigenvalue weighted by Crippen LogP contribution is 2.26. The minimum absolute atomic E-state index is 0.0269. The summed E-state index contributed by atoms with van der Waals surface area (Å²) >= 11 is 0. The van der Waals surface area contributed by atoms with E-state index in [9.17, 15) is 29.1 Å². The van der Waals surface area contributed by atoms with Gasteiger partial charge in [-0.15, -0.1) is 0 Å². The number of hydrogen-bond donors (Lipinski definition) is 7. The number of benzene rings is 1. The van der Waals surface area contributed by atoms with Gasteiger partial charge in [0.1, 0.15) is 17.9 Å². The van der Waals surface area contributed by atoms with Gasteiger partial charge in [-0.3, -0.25) is 14.4 Å². The molecule has 0 saturated carbocycles. The van der Waals surface area contributed by atoms with Gasteiger partial charge < -0.3 is 41.8 Å². The van der Waals surface area contributed by atoms with Crippen molar-refractivity contribution in [1.29, 1.82) is 0 Å². The Morgan fingerprint density at radius 3 is 2.12 bits per heavy atom. The summed E-state index contributed by atoms with van der Waals surface area (Å²) in [6, 6.07) is 3.75. The molecule has 3 rings (SSSR count). The maximum Gasteiger partial charge on any atom is 0.326 e. The van der Waals surface area contributed by atoms with E-state index >= 15 is 0 Å². The first-order valence-electron chi connectivity index (χ1n) is 12.6. The second-order valence-corrected chi connectivity index (χ2v) is 9.25. The number of anilines is 2. The predicted octanol–water partition coefficient (Wildman–Crippen LogP) is 0.960. The lowest BCUT2D eigenvalue weighted by atomic mass is 10.0. The number of aryl methyl sites for hydroxylation is 2. The van der Waals surface area contributed by atoms with Gasteiger partial charge in [0.25, 0.3) is 5.91 Å². The molecule has 0 unspecified atom stereocenters. The van der Waals surface area contributed by atoms with Gasteiger partial charge >= 0.3 is 17.9 Å². The first-order valence-corrected chi connectivity index (χ1v) is 12.6. The molecule has 0 saturated heterocycles. The standard InChI is InChI=1S/C26H30N6O9/c27-21-20-15(12-41-23(20)32-26(28)31-21)3-1-2-13-4-6-14(7-5-13)22(36)30-17(25(39)40)8-10-18(33)29-16(24(37)38)9-11-19(34)35/h4-7,12,16-17H,1-3,8-11H2,(H,29,33)(H,30,36)(H,34,35)(H,37,38)(H,39,40)(H4,27,28,31,32)/t16-,17-/m0/s1. The van der Waals surface area contributed by atoms with Crippen LogP contribution in [0.3, 0.4) is 0 Å². The molecular formula is C26H30N6O9. The minimum Gasteiger partial charge on any atom is -0.481 e. The largest absolute Gasteiger partial charge is 0.481 e. The number of furan rings is 1. The summed E-state index contributed by atoms with van der Waals surface area (Å²) in [6.07, 6.45) is 2.09. The molecular weight excluding hydrogens is 540 g/mol. The predicted molar refractivity (Wildman–Crippen MR) is 144 cm³/mol. The molecule has 0 fully saturated rings. The monoisotopic (exact) mass is 570 g/mol. The summed E-state index contributed by atoms with van der Waals surface area (Å²) in [6.45, 7) is 0. The van der Waals surface area contributed by atoms with E-state index in [-0.39, 0.29) is 30.2 Å². The van der Waals surface area contributed by atoms with Crippen LogP contribution < -0.4 is 22.1 Å². The van der Waals surface area contributed by atoms with Crippen LogP contribution in [0.1, 0.15) is 53.6 Å². The molecule has 0 aliphatic heterocycles. The van der Waals surface area contributed by atoms with Crippen molar-refractivity contribution in [3.8, 4) is 0 Å². The van der Waals surface area contributed by atoms with Gasteiger partial charge in [0, 0.05) is 24.0 Å². The zero-order valence-electron chi connectivity index (χ0n) is 21.8. The zero-order valence-corrected chi connectivity index (χ0v) is 21.8. The number of nitrogen functional groups attached to an aromatic ring is 2. The SMILES string of the molecule is Nc1nc(N)c2c(CCCc3ccc(C(=O)N[C@@H](CCC(=O)N[C@@H](CCC(=O)O)C(=O)O)C(=O)O)cc3)coc2n1. The summed E-state index contributed by atoms with van der Waals surface area (Å²) in [5.74, 6) is -5.17. The van der Waals surface area contributed by atoms with Crippen molar-refractivity contribution in [2.24, 2.45) is 0 Å². The second-order valence-electron chi connectivity index (χ2n) is 9.25. The zero-order chi connectivity index (χ0) is 30.1. The first-order chi connectivity index (χ1) is 19.4. The number of nitrogens with two attached hydrogens (primary N) is 2. The highest BCUT2D eigenvalue weighted by atomic mass is 16.4. The third-order valence-electron chi connectivity index (χ3n) is 6.23. The van der Waals surface area contributed by atoms with Crippen molar-refractivity contribution in [3.63, 3.8) is 0 Å². The molecule has 0 aliphatic rings. The second kappa shape index (κ2) is 13.7. The number of hydrogen-bond acceptors (Lipinski definition) is 10. The number of nitrogens with one attached hydrogen (secondary N) is 2. The molecule has 2 heterocycles. The smallest absolute Gasteiger partial charge is 0.326 e. The van der Waals surface area contributed by atoms with Crippen molar-refractivity contribution < 1.29 is 43.7 Å². The van der Waals surface area contributed by atoms with Crippen LogP contribution in [0, 0.1) is 0 Å². The number of nitrogens with zero attached hydrogens (tertiary/aromatic N) is 2. The number of carbonyl (C=O) groups excluding carboxylic acids is 2. The molecule has 2 amide bonds. The van der Waals surface area contributed by atoms with Gasteiger partial charge in [-0.05, 0) is 49.8 Å². The highest BCUT2D eigenvalue weighted by molar-refractivity contribution is 5.96. The molecule has 15 nitrogen and oxygen atoms in total. The molecule has 41 heavy (non-hydrogen) atoms. The van der Waals surface area contributed by atoms with E-state index in [2.05, 4.69) is 20.6 Å². The molecule has 3 aromatic rings. The fourth-order valence-corrected chi connectivity index (χ4v) is 4.10. The maximum atomic E-state index is 12.6. The molecule has 0 bridgehead atoms. The molecule has 15 heteroatoms. The van der Waals surface area contributed by atoms with Crippen LogP contribution in [0.15, 0.2) is 34.9 Å². The normalized spacial score (nSPS) is 12.4. The summed E-state index contributed by atoms with van der Waals surface area (Å²) in [4.78, 5) is 66.3. The van der Waals surface area contributed by atoms with Crippen molar-refractivity contribution in [2.45, 2.75) is 57.0 Å². The molecule has 2 atom stereocenters. The molecule has 1 aromatic carbocycles. The van der Waals surface area contributed by atoms with Crippen molar-refractivity contribution in [3.05, 3.63) is 47.2 Å². The number of carboxylic acid groups (broad SMARTS) is 3. The average molecular weight is 571 g/mol. The van der Waals surface area contributed by atoms with E-state index in [0.29, 0.717) is 23.9 Å². The Bertz CT molecular complexity index is 1440. The Hall–Kier alpha value is -5.21. The van der Waals surface area contributed by atoms with Crippen LogP contribution >= 0.6 is 0 Å². The van der Waals surface area contributed by atoms with E-state index in [1.807, 2.05) is 0 Å². The number of aliphatic carboxylic acids is 3. The van der Waals surface area contributed by atoms with Gasteiger partial charge in [-0.2, -0.15) is 9.97 Å². The molecule has 218 valence electrons. The minimum atomic E-state index is -1.43. The third-order valence-corrected chi connectivity index (χ3v) is 6.23. The average Bonchev–Trinajstić information content (AvgIpc) is 3.31. The number of aromatic nitrogens is 2. The molecule has 2 aromatic heterocycles. The number of carboxylic acids is 3. The van der Waals surface area contributed by atoms with Gasteiger partial charge in [-0.25, -0.2) is 9.59 Å². The third kappa shape index (κ3) is 8.64. The number of rotatable bonds is 15. The van der Waals surface area contributed by atoms with Crippen LogP contribution in [0.25, 0.3) is 11.1 Å². The topological polar surface area (TPSA) is 261 Å². The Morgan fingerprint density at radius 1 is 0.854 bits per heavy atom. The van der Waals surface area contributed by atoms with Gasteiger partial charge in [0.2, 0.25) is 17.6 Å². The fourth-order valence-electron chi connectivity index (χ4n) is 4.10. The van der Waals surface area contributed by atoms with Crippen molar-refractivity contribution >= 4 is 52.6 Å². The van der Waals surface area contributed by atoms with Crippen LogP contribution in [0.5, 0.6) is 0 Å². The lowest BCUT2D eigenvalue weighted by molar-refractivity contribution is -0.143. The summed E-state index contributed by atoms with van der Waals surface area (Å²) in [5.41, 5.74) is 13.8. The van der Waals surface area contributed by atoms with E-state index < -0.39 is 54.6 Å². The van der Waals surface area contributed by atoms with E-state index in [0.717, 1.165) is 17.5 Å². The van der Waals surface area contributed by atoms with Crippen LogP contribution in [0.4, 0.5) is 11.8 Å². The Morgan fingerprint density at radius 2 is 1.49 bits per heavy atom. The van der Waals surface area contributed by atoms with Crippen LogP contribution in [-0.4, -0.2) is 67.1 Å². The lowest BCUT2D eigenvalue weighted by Crippen LogP contribution is -2.44. The molecule has 0 spiro atoms.